The number of hydrogen-bond acceptors (Lipinski definition) is 4. The Labute approximate surface area is 146 Å². The van der Waals surface area contributed by atoms with E-state index in [-0.39, 0.29) is 12.0 Å². The number of nitrogens with zero attached hydrogens (tertiary/aromatic N) is 2. The average molecular weight is 342 g/mol. The number of carboxylic acid groups (broad SMARTS) is 1. The van der Waals surface area contributed by atoms with Crippen LogP contribution in [0.2, 0.25) is 0 Å². The molecule has 6 nitrogen and oxygen atoms in total. The lowest BCUT2D eigenvalue weighted by Crippen LogP contribution is -2.52. The number of rotatable bonds is 4. The minimum absolute atomic E-state index is 0.0800. The smallest absolute Gasteiger partial charge is 0.310 e. The molecular formula is C19H22N2O4. The van der Waals surface area contributed by atoms with Crippen molar-refractivity contribution in [3.05, 3.63) is 48.0 Å². The summed E-state index contributed by atoms with van der Waals surface area (Å²) in [5, 5.41) is 9.47. The molecule has 0 aromatic heterocycles. The molecule has 2 saturated heterocycles. The van der Waals surface area contributed by atoms with Gasteiger partial charge in [0, 0.05) is 32.7 Å². The largest absolute Gasteiger partial charge is 0.481 e. The Hall–Kier alpha value is -2.18. The van der Waals surface area contributed by atoms with Crippen molar-refractivity contribution in [2.45, 2.75) is 18.8 Å². The van der Waals surface area contributed by atoms with Gasteiger partial charge in [0.1, 0.15) is 5.92 Å². The summed E-state index contributed by atoms with van der Waals surface area (Å²) in [5.41, 5.74) is 1.26. The summed E-state index contributed by atoms with van der Waals surface area (Å²) in [6.07, 6.45) is 2.75. The molecule has 132 valence electrons. The Kier molecular flexibility index (Phi) is 4.31. The molecule has 4 rings (SSSR count). The number of aliphatic carboxylic acids is 1. The number of carbonyl (C=O) groups excluding carboxylic acids is 1. The van der Waals surface area contributed by atoms with Gasteiger partial charge in [-0.3, -0.25) is 14.5 Å². The van der Waals surface area contributed by atoms with Crippen molar-refractivity contribution in [2.24, 2.45) is 11.8 Å². The lowest BCUT2D eigenvalue weighted by Gasteiger charge is -2.37. The van der Waals surface area contributed by atoms with E-state index in [0.717, 1.165) is 19.6 Å². The fourth-order valence-electron chi connectivity index (χ4n) is 4.08. The molecule has 25 heavy (non-hydrogen) atoms. The van der Waals surface area contributed by atoms with Gasteiger partial charge in [0.05, 0.1) is 18.1 Å². The quantitative estimate of drug-likeness (QED) is 0.826. The SMILES string of the molecule is O=C(O)[C@@H]1[C@@H](C(=O)N2CCN(Cc3ccccc3)CC2)[C@H]2C=C[C@H]1O2. The Bertz CT molecular complexity index is 682. The molecule has 3 aliphatic heterocycles. The number of benzene rings is 1. The van der Waals surface area contributed by atoms with Gasteiger partial charge >= 0.3 is 5.97 Å². The predicted octanol–water partition coefficient (Wildman–Crippen LogP) is 0.985. The molecule has 0 spiro atoms. The molecule has 6 heteroatoms. The van der Waals surface area contributed by atoms with E-state index in [4.69, 9.17) is 4.74 Å². The predicted molar refractivity (Wildman–Crippen MR) is 90.7 cm³/mol. The van der Waals surface area contributed by atoms with Crippen LogP contribution >= 0.6 is 0 Å². The summed E-state index contributed by atoms with van der Waals surface area (Å²) in [6.45, 7) is 3.75. The fourth-order valence-corrected chi connectivity index (χ4v) is 4.08. The second-order valence-electron chi connectivity index (χ2n) is 6.93. The van der Waals surface area contributed by atoms with E-state index in [1.54, 1.807) is 11.0 Å². The van der Waals surface area contributed by atoms with Crippen LogP contribution in [0.3, 0.4) is 0 Å². The number of hydrogen-bond donors (Lipinski definition) is 1. The maximum Gasteiger partial charge on any atom is 0.310 e. The normalized spacial score (nSPS) is 31.4. The maximum atomic E-state index is 12.9. The van der Waals surface area contributed by atoms with Gasteiger partial charge in [0.2, 0.25) is 5.91 Å². The highest BCUT2D eigenvalue weighted by molar-refractivity contribution is 5.87. The van der Waals surface area contributed by atoms with E-state index in [0.29, 0.717) is 13.1 Å². The number of ether oxygens (including phenoxy) is 1. The van der Waals surface area contributed by atoms with E-state index in [1.165, 1.54) is 5.56 Å². The molecule has 0 saturated carbocycles. The second-order valence-corrected chi connectivity index (χ2v) is 6.93. The molecule has 0 unspecified atom stereocenters. The van der Waals surface area contributed by atoms with Crippen molar-refractivity contribution >= 4 is 11.9 Å². The molecule has 0 aliphatic carbocycles. The van der Waals surface area contributed by atoms with E-state index in [9.17, 15) is 14.7 Å². The third kappa shape index (κ3) is 3.07. The van der Waals surface area contributed by atoms with Crippen molar-refractivity contribution in [3.63, 3.8) is 0 Å². The molecular weight excluding hydrogens is 320 g/mol. The number of carboxylic acids is 1. The Balaban J connectivity index is 1.37. The van der Waals surface area contributed by atoms with Gasteiger partial charge in [-0.15, -0.1) is 0 Å². The first-order valence-electron chi connectivity index (χ1n) is 8.75. The van der Waals surface area contributed by atoms with Gasteiger partial charge in [-0.25, -0.2) is 0 Å². The van der Waals surface area contributed by atoms with Crippen molar-refractivity contribution in [2.75, 3.05) is 26.2 Å². The minimum Gasteiger partial charge on any atom is -0.481 e. The van der Waals surface area contributed by atoms with Crippen LogP contribution in [0.15, 0.2) is 42.5 Å². The van der Waals surface area contributed by atoms with Crippen LogP contribution in [0.25, 0.3) is 0 Å². The van der Waals surface area contributed by atoms with E-state index in [2.05, 4.69) is 17.0 Å². The van der Waals surface area contributed by atoms with Crippen LogP contribution in [0.5, 0.6) is 0 Å². The second kappa shape index (κ2) is 6.61. The first kappa shape index (κ1) is 16.3. The molecule has 4 atom stereocenters. The zero-order valence-electron chi connectivity index (χ0n) is 14.0. The zero-order valence-corrected chi connectivity index (χ0v) is 14.0. The lowest BCUT2D eigenvalue weighted by molar-refractivity contribution is -0.150. The first-order valence-corrected chi connectivity index (χ1v) is 8.75. The summed E-state index contributed by atoms with van der Waals surface area (Å²) in [7, 11) is 0. The van der Waals surface area contributed by atoms with Gasteiger partial charge in [0.15, 0.2) is 0 Å². The number of piperazine rings is 1. The minimum atomic E-state index is -0.946. The highest BCUT2D eigenvalue weighted by atomic mass is 16.5. The summed E-state index contributed by atoms with van der Waals surface area (Å²) in [5.74, 6) is -2.38. The molecule has 3 heterocycles. The van der Waals surface area contributed by atoms with Gasteiger partial charge in [0.25, 0.3) is 0 Å². The molecule has 1 N–H and O–H groups in total. The van der Waals surface area contributed by atoms with Crippen LogP contribution in [-0.2, 0) is 20.9 Å². The molecule has 1 amide bonds. The molecule has 1 aromatic rings. The molecule has 1 aromatic carbocycles. The Morgan fingerprint density at radius 3 is 2.28 bits per heavy atom. The fraction of sp³-hybridized carbons (Fsp3) is 0.474. The molecule has 3 aliphatic rings. The van der Waals surface area contributed by atoms with Gasteiger partial charge < -0.3 is 14.7 Å². The molecule has 0 radical (unpaired) electrons. The standard InChI is InChI=1S/C19H22N2O4/c22-18(16-14-6-7-15(25-14)17(16)19(23)24)21-10-8-20(9-11-21)12-13-4-2-1-3-5-13/h1-7,14-17H,8-12H2,(H,23,24)/t14-,15-,16+,17+/m1/s1. The van der Waals surface area contributed by atoms with Gasteiger partial charge in [-0.1, -0.05) is 42.5 Å². The number of amides is 1. The Morgan fingerprint density at radius 1 is 1.00 bits per heavy atom. The number of fused-ring (bicyclic) bond motifs is 2. The monoisotopic (exact) mass is 342 g/mol. The van der Waals surface area contributed by atoms with Crippen LogP contribution in [-0.4, -0.2) is 65.2 Å². The van der Waals surface area contributed by atoms with Crippen molar-refractivity contribution in [3.8, 4) is 0 Å². The van der Waals surface area contributed by atoms with Gasteiger partial charge in [-0.05, 0) is 5.56 Å². The van der Waals surface area contributed by atoms with Crippen molar-refractivity contribution < 1.29 is 19.4 Å². The Morgan fingerprint density at radius 2 is 1.64 bits per heavy atom. The number of carbonyl (C=O) groups is 2. The van der Waals surface area contributed by atoms with Crippen LogP contribution in [0, 0.1) is 11.8 Å². The maximum absolute atomic E-state index is 12.9. The molecule has 2 bridgehead atoms. The van der Waals surface area contributed by atoms with Crippen molar-refractivity contribution in [1.82, 2.24) is 9.80 Å². The lowest BCUT2D eigenvalue weighted by atomic mass is 9.82. The molecule has 2 fully saturated rings. The third-order valence-electron chi connectivity index (χ3n) is 5.40. The van der Waals surface area contributed by atoms with Crippen LogP contribution in [0.1, 0.15) is 5.56 Å². The van der Waals surface area contributed by atoms with Crippen molar-refractivity contribution in [1.29, 1.82) is 0 Å². The average Bonchev–Trinajstić information content (AvgIpc) is 3.24. The van der Waals surface area contributed by atoms with E-state index >= 15 is 0 Å². The highest BCUT2D eigenvalue weighted by Gasteiger charge is 2.54. The zero-order chi connectivity index (χ0) is 17.4. The van der Waals surface area contributed by atoms with Crippen LogP contribution in [0.4, 0.5) is 0 Å². The van der Waals surface area contributed by atoms with E-state index in [1.807, 2.05) is 24.3 Å². The topological polar surface area (TPSA) is 70.1 Å². The van der Waals surface area contributed by atoms with Crippen LogP contribution < -0.4 is 0 Å². The van der Waals surface area contributed by atoms with E-state index < -0.39 is 23.9 Å². The third-order valence-corrected chi connectivity index (χ3v) is 5.40. The summed E-state index contributed by atoms with van der Waals surface area (Å²) >= 11 is 0. The van der Waals surface area contributed by atoms with Gasteiger partial charge in [-0.2, -0.15) is 0 Å². The summed E-state index contributed by atoms with van der Waals surface area (Å²) in [4.78, 5) is 28.6. The first-order chi connectivity index (χ1) is 12.1. The highest BCUT2D eigenvalue weighted by Crippen LogP contribution is 2.40. The summed E-state index contributed by atoms with van der Waals surface area (Å²) in [6, 6.07) is 10.3. The summed E-state index contributed by atoms with van der Waals surface area (Å²) < 4.78 is 5.62.